The molecule has 0 saturated carbocycles. The van der Waals surface area contributed by atoms with Gasteiger partial charge in [-0.1, -0.05) is 25.1 Å². The fourth-order valence-electron chi connectivity index (χ4n) is 2.15. The Balaban J connectivity index is 1.90. The first-order chi connectivity index (χ1) is 10.7. The molecule has 0 aliphatic rings. The molecule has 0 fully saturated rings. The Morgan fingerprint density at radius 3 is 2.64 bits per heavy atom. The van der Waals surface area contributed by atoms with Crippen LogP contribution < -0.4 is 15.4 Å². The van der Waals surface area contributed by atoms with Crippen LogP contribution in [-0.4, -0.2) is 18.1 Å². The Hall–Kier alpha value is -2.56. The minimum atomic E-state index is -0.188. The van der Waals surface area contributed by atoms with Crippen LogP contribution >= 0.6 is 0 Å². The van der Waals surface area contributed by atoms with Crippen molar-refractivity contribution in [1.82, 2.24) is 15.6 Å². The molecule has 0 unspecified atom stereocenters. The Morgan fingerprint density at radius 2 is 2.05 bits per heavy atom. The molecular weight excluding hydrogens is 278 g/mol. The fourth-order valence-corrected chi connectivity index (χ4v) is 2.15. The van der Waals surface area contributed by atoms with E-state index in [-0.39, 0.29) is 12.1 Å². The summed E-state index contributed by atoms with van der Waals surface area (Å²) in [6.07, 6.45) is 4.26. The summed E-state index contributed by atoms with van der Waals surface area (Å²) in [7, 11) is 1.64. The van der Waals surface area contributed by atoms with Gasteiger partial charge in [-0.15, -0.1) is 0 Å². The van der Waals surface area contributed by atoms with Gasteiger partial charge in [0.15, 0.2) is 0 Å². The number of hydrogen-bond donors (Lipinski definition) is 2. The minimum Gasteiger partial charge on any atom is -0.497 e. The summed E-state index contributed by atoms with van der Waals surface area (Å²) in [5, 5.41) is 5.82. The smallest absolute Gasteiger partial charge is 0.315 e. The molecule has 0 spiro atoms. The highest BCUT2D eigenvalue weighted by Crippen LogP contribution is 2.19. The van der Waals surface area contributed by atoms with Crippen LogP contribution in [0, 0.1) is 0 Å². The van der Waals surface area contributed by atoms with Crippen LogP contribution in [0.25, 0.3) is 0 Å². The highest BCUT2D eigenvalue weighted by Gasteiger charge is 2.12. The molecule has 0 saturated heterocycles. The molecule has 1 aromatic carbocycles. The Kier molecular flexibility index (Phi) is 5.77. The van der Waals surface area contributed by atoms with E-state index in [1.165, 1.54) is 0 Å². The number of amides is 2. The third kappa shape index (κ3) is 4.48. The van der Waals surface area contributed by atoms with Gasteiger partial charge >= 0.3 is 6.03 Å². The van der Waals surface area contributed by atoms with E-state index in [0.717, 1.165) is 23.3 Å². The molecular formula is C17H21N3O2. The number of nitrogens with zero attached hydrogens (tertiary/aromatic N) is 1. The summed E-state index contributed by atoms with van der Waals surface area (Å²) < 4.78 is 5.15. The number of carbonyl (C=O) groups is 1. The van der Waals surface area contributed by atoms with Gasteiger partial charge in [-0.25, -0.2) is 4.79 Å². The van der Waals surface area contributed by atoms with Crippen LogP contribution in [0.15, 0.2) is 48.8 Å². The predicted molar refractivity (Wildman–Crippen MR) is 85.6 cm³/mol. The first kappa shape index (κ1) is 15.8. The maximum absolute atomic E-state index is 12.0. The first-order valence-electron chi connectivity index (χ1n) is 7.30. The molecule has 0 aliphatic carbocycles. The summed E-state index contributed by atoms with van der Waals surface area (Å²) in [5.74, 6) is 0.805. The monoisotopic (exact) mass is 299 g/mol. The summed E-state index contributed by atoms with van der Waals surface area (Å²) in [4.78, 5) is 16.0. The van der Waals surface area contributed by atoms with Crippen molar-refractivity contribution in [1.29, 1.82) is 0 Å². The molecule has 1 heterocycles. The maximum atomic E-state index is 12.0. The molecule has 0 aliphatic heterocycles. The lowest BCUT2D eigenvalue weighted by atomic mass is 10.0. The summed E-state index contributed by atoms with van der Waals surface area (Å²) >= 11 is 0. The zero-order valence-electron chi connectivity index (χ0n) is 12.9. The van der Waals surface area contributed by atoms with Crippen LogP contribution in [0.1, 0.15) is 30.5 Å². The highest BCUT2D eigenvalue weighted by atomic mass is 16.5. The van der Waals surface area contributed by atoms with Crippen LogP contribution in [0.2, 0.25) is 0 Å². The third-order valence-corrected chi connectivity index (χ3v) is 3.41. The second-order valence-electron chi connectivity index (χ2n) is 4.92. The average Bonchev–Trinajstić information content (AvgIpc) is 2.59. The molecule has 5 heteroatoms. The van der Waals surface area contributed by atoms with Crippen LogP contribution in [0.3, 0.4) is 0 Å². The molecule has 22 heavy (non-hydrogen) atoms. The van der Waals surface area contributed by atoms with Crippen LogP contribution in [0.4, 0.5) is 4.79 Å². The molecule has 116 valence electrons. The van der Waals surface area contributed by atoms with Crippen molar-refractivity contribution in [3.05, 3.63) is 59.9 Å². The second kappa shape index (κ2) is 8.02. The predicted octanol–water partition coefficient (Wildman–Crippen LogP) is 3.04. The summed E-state index contributed by atoms with van der Waals surface area (Å²) in [6, 6.07) is 11.3. The first-order valence-corrected chi connectivity index (χ1v) is 7.30. The van der Waals surface area contributed by atoms with Gasteiger partial charge in [0.25, 0.3) is 0 Å². The lowest BCUT2D eigenvalue weighted by Crippen LogP contribution is -2.37. The molecule has 5 nitrogen and oxygen atoms in total. The molecule has 0 bridgehead atoms. The number of methoxy groups -OCH3 is 1. The van der Waals surface area contributed by atoms with Crippen molar-refractivity contribution in [2.75, 3.05) is 7.11 Å². The van der Waals surface area contributed by atoms with Crippen molar-refractivity contribution in [2.45, 2.75) is 25.9 Å². The summed E-state index contributed by atoms with van der Waals surface area (Å²) in [6.45, 7) is 2.50. The van der Waals surface area contributed by atoms with Crippen LogP contribution in [0.5, 0.6) is 5.75 Å². The topological polar surface area (TPSA) is 63.2 Å². The van der Waals surface area contributed by atoms with Gasteiger partial charge in [0.1, 0.15) is 5.75 Å². The fraction of sp³-hybridized carbons (Fsp3) is 0.294. The van der Waals surface area contributed by atoms with Crippen molar-refractivity contribution in [3.63, 3.8) is 0 Å². The standard InChI is InChI=1S/C17H21N3O2/c1-3-16(14-6-8-15(22-2)9-7-14)20-17(21)19-12-13-5-4-10-18-11-13/h4-11,16H,3,12H2,1-2H3,(H2,19,20,21)/t16-/m1/s1. The zero-order valence-corrected chi connectivity index (χ0v) is 12.9. The number of aromatic nitrogens is 1. The van der Waals surface area contributed by atoms with Crippen molar-refractivity contribution < 1.29 is 9.53 Å². The van der Waals surface area contributed by atoms with E-state index in [2.05, 4.69) is 15.6 Å². The van der Waals surface area contributed by atoms with E-state index in [0.29, 0.717) is 6.54 Å². The van der Waals surface area contributed by atoms with Gasteiger partial charge in [0.05, 0.1) is 13.2 Å². The van der Waals surface area contributed by atoms with Gasteiger partial charge < -0.3 is 15.4 Å². The molecule has 1 atom stereocenters. The molecule has 2 N–H and O–H groups in total. The van der Waals surface area contributed by atoms with E-state index in [1.54, 1.807) is 19.5 Å². The number of carbonyl (C=O) groups excluding carboxylic acids is 1. The van der Waals surface area contributed by atoms with Gasteiger partial charge in [0, 0.05) is 18.9 Å². The Labute approximate surface area is 130 Å². The quantitative estimate of drug-likeness (QED) is 0.861. The Bertz CT molecular complexity index is 585. The van der Waals surface area contributed by atoms with Crippen LogP contribution in [-0.2, 0) is 6.54 Å². The van der Waals surface area contributed by atoms with E-state index >= 15 is 0 Å². The number of benzene rings is 1. The third-order valence-electron chi connectivity index (χ3n) is 3.41. The van der Waals surface area contributed by atoms with Gasteiger partial charge in [-0.3, -0.25) is 4.98 Å². The van der Waals surface area contributed by atoms with Crippen molar-refractivity contribution >= 4 is 6.03 Å². The van der Waals surface area contributed by atoms with E-state index in [1.807, 2.05) is 43.3 Å². The zero-order chi connectivity index (χ0) is 15.8. The normalized spacial score (nSPS) is 11.5. The minimum absolute atomic E-state index is 0.0280. The average molecular weight is 299 g/mol. The van der Waals surface area contributed by atoms with Crippen molar-refractivity contribution in [3.8, 4) is 5.75 Å². The number of ether oxygens (including phenoxy) is 1. The lowest BCUT2D eigenvalue weighted by Gasteiger charge is -2.18. The SMILES string of the molecule is CC[C@@H](NC(=O)NCc1cccnc1)c1ccc(OC)cc1. The number of hydrogen-bond acceptors (Lipinski definition) is 3. The summed E-state index contributed by atoms with van der Waals surface area (Å²) in [5.41, 5.74) is 2.02. The van der Waals surface area contributed by atoms with E-state index < -0.39 is 0 Å². The molecule has 1 aromatic heterocycles. The molecule has 2 amide bonds. The van der Waals surface area contributed by atoms with E-state index in [4.69, 9.17) is 4.74 Å². The van der Waals surface area contributed by atoms with Gasteiger partial charge in [0.2, 0.25) is 0 Å². The maximum Gasteiger partial charge on any atom is 0.315 e. The molecule has 2 aromatic rings. The number of pyridine rings is 1. The molecule has 0 radical (unpaired) electrons. The molecule has 2 rings (SSSR count). The number of rotatable bonds is 6. The number of urea groups is 1. The highest BCUT2D eigenvalue weighted by molar-refractivity contribution is 5.74. The Morgan fingerprint density at radius 1 is 1.27 bits per heavy atom. The van der Waals surface area contributed by atoms with Crippen molar-refractivity contribution in [2.24, 2.45) is 0 Å². The number of nitrogens with one attached hydrogen (secondary N) is 2. The van der Waals surface area contributed by atoms with Gasteiger partial charge in [-0.05, 0) is 35.7 Å². The largest absolute Gasteiger partial charge is 0.497 e. The second-order valence-corrected chi connectivity index (χ2v) is 4.92. The van der Waals surface area contributed by atoms with E-state index in [9.17, 15) is 4.79 Å². The van der Waals surface area contributed by atoms with Gasteiger partial charge in [-0.2, -0.15) is 0 Å². The lowest BCUT2D eigenvalue weighted by molar-refractivity contribution is 0.236.